The summed E-state index contributed by atoms with van der Waals surface area (Å²) in [6.45, 7) is 13.2. The molecule has 1 heterocycles. The van der Waals surface area contributed by atoms with Gasteiger partial charge in [0.25, 0.3) is 0 Å². The molecule has 0 aliphatic rings. The van der Waals surface area contributed by atoms with Crippen LogP contribution in [0.5, 0.6) is 0 Å². The number of rotatable bonds is 6. The molecule has 1 nitrogen and oxygen atoms in total. The zero-order chi connectivity index (χ0) is 18.6. The van der Waals surface area contributed by atoms with E-state index in [1.54, 1.807) is 17.8 Å². The summed E-state index contributed by atoms with van der Waals surface area (Å²) in [4.78, 5) is 1.04. The Labute approximate surface area is 165 Å². The molecule has 0 amide bonds. The van der Waals surface area contributed by atoms with Gasteiger partial charge in [-0.05, 0) is 62.6 Å². The van der Waals surface area contributed by atoms with Gasteiger partial charge in [0.2, 0.25) is 0 Å². The quantitative estimate of drug-likeness (QED) is 0.459. The largest absolute Gasteiger partial charge is 0.335 e. The van der Waals surface area contributed by atoms with Gasteiger partial charge < -0.3 is 4.57 Å². The number of halogens is 2. The average Bonchev–Trinajstić information content (AvgIpc) is 2.72. The molecule has 0 fully saturated rings. The van der Waals surface area contributed by atoms with Gasteiger partial charge in [-0.1, -0.05) is 65.8 Å². The molecule has 1 aromatic carbocycles. The highest BCUT2D eigenvalue weighted by Gasteiger charge is 2.16. The van der Waals surface area contributed by atoms with Gasteiger partial charge in [-0.25, -0.2) is 0 Å². The molecule has 132 valence electrons. The van der Waals surface area contributed by atoms with Crippen molar-refractivity contribution in [3.63, 3.8) is 0 Å². The first-order chi connectivity index (χ1) is 11.9. The van der Waals surface area contributed by atoms with E-state index in [1.165, 1.54) is 27.4 Å². The first-order valence-electron chi connectivity index (χ1n) is 8.11. The molecule has 0 atom stereocenters. The second-order valence-electron chi connectivity index (χ2n) is 5.91. The zero-order valence-electron chi connectivity index (χ0n) is 15.1. The van der Waals surface area contributed by atoms with E-state index in [9.17, 15) is 0 Å². The summed E-state index contributed by atoms with van der Waals surface area (Å²) in [6, 6.07) is 5.66. The van der Waals surface area contributed by atoms with Crippen molar-refractivity contribution >= 4 is 35.0 Å². The maximum atomic E-state index is 6.17. The van der Waals surface area contributed by atoms with Crippen LogP contribution in [0.1, 0.15) is 23.7 Å². The lowest BCUT2D eigenvalue weighted by atomic mass is 10.2. The van der Waals surface area contributed by atoms with Crippen molar-refractivity contribution in [2.75, 3.05) is 0 Å². The predicted octanol–water partition coefficient (Wildman–Crippen LogP) is 7.56. The Morgan fingerprint density at radius 1 is 1.12 bits per heavy atom. The van der Waals surface area contributed by atoms with Crippen LogP contribution >= 0.6 is 35.0 Å². The van der Waals surface area contributed by atoms with Crippen LogP contribution in [0, 0.1) is 20.8 Å². The average molecular weight is 392 g/mol. The van der Waals surface area contributed by atoms with E-state index < -0.39 is 0 Å². The molecule has 0 spiro atoms. The van der Waals surface area contributed by atoms with Crippen molar-refractivity contribution < 1.29 is 0 Å². The van der Waals surface area contributed by atoms with Gasteiger partial charge in [0.05, 0.1) is 5.03 Å². The zero-order valence-corrected chi connectivity index (χ0v) is 17.4. The smallest absolute Gasteiger partial charge is 0.0834 e. The number of allylic oxidation sites excluding steroid dienone is 5. The molecule has 25 heavy (non-hydrogen) atoms. The molecule has 0 N–H and O–H groups in total. The van der Waals surface area contributed by atoms with Crippen LogP contribution in [-0.2, 0) is 6.54 Å². The van der Waals surface area contributed by atoms with Crippen LogP contribution in [-0.4, -0.2) is 4.57 Å². The van der Waals surface area contributed by atoms with Crippen molar-refractivity contribution in [3.8, 4) is 0 Å². The van der Waals surface area contributed by atoms with Crippen LogP contribution in [0.4, 0.5) is 0 Å². The lowest BCUT2D eigenvalue weighted by molar-refractivity contribution is 0.703. The molecule has 2 rings (SSSR count). The molecule has 4 heteroatoms. The first-order valence-corrected chi connectivity index (χ1v) is 9.69. The summed E-state index contributed by atoms with van der Waals surface area (Å²) in [7, 11) is 0. The summed E-state index contributed by atoms with van der Waals surface area (Å²) in [6.07, 6.45) is 8.06. The van der Waals surface area contributed by atoms with Crippen molar-refractivity contribution in [3.05, 3.63) is 81.5 Å². The maximum Gasteiger partial charge on any atom is 0.0834 e. The van der Waals surface area contributed by atoms with Gasteiger partial charge in [0.1, 0.15) is 0 Å². The number of aromatic nitrogens is 1. The van der Waals surface area contributed by atoms with E-state index in [4.69, 9.17) is 23.2 Å². The Kier molecular flexibility index (Phi) is 7.06. The Hall–Kier alpha value is -1.35. The van der Waals surface area contributed by atoms with Gasteiger partial charge in [-0.2, -0.15) is 0 Å². The van der Waals surface area contributed by atoms with Gasteiger partial charge >= 0.3 is 0 Å². The number of hydrogen-bond acceptors (Lipinski definition) is 1. The van der Waals surface area contributed by atoms with E-state index in [0.717, 1.165) is 11.4 Å². The Morgan fingerprint density at radius 3 is 2.32 bits per heavy atom. The first kappa shape index (κ1) is 20.0. The Morgan fingerprint density at radius 2 is 1.76 bits per heavy atom. The van der Waals surface area contributed by atoms with Crippen LogP contribution in [0.25, 0.3) is 0 Å². The maximum absolute atomic E-state index is 6.17. The van der Waals surface area contributed by atoms with Crippen LogP contribution in [0.2, 0.25) is 10.0 Å². The van der Waals surface area contributed by atoms with E-state index in [1.807, 2.05) is 25.1 Å². The molecule has 0 unspecified atom stereocenters. The number of nitrogens with zero attached hydrogens (tertiary/aromatic N) is 1. The third-order valence-corrected chi connectivity index (χ3v) is 5.81. The molecular formula is C21H23Cl2NS. The SMILES string of the molecule is C=C/C=C(\C=C/C)Cn1c(C)c(C)c(C)c1Sc1cc(Cl)cc(Cl)c1. The molecule has 0 bridgehead atoms. The molecule has 0 saturated carbocycles. The molecule has 1 aromatic heterocycles. The minimum absolute atomic E-state index is 0.653. The summed E-state index contributed by atoms with van der Waals surface area (Å²) in [5, 5.41) is 2.52. The fourth-order valence-electron chi connectivity index (χ4n) is 2.72. The second kappa shape index (κ2) is 8.84. The molecule has 0 radical (unpaired) electrons. The van der Waals surface area contributed by atoms with E-state index >= 15 is 0 Å². The summed E-state index contributed by atoms with van der Waals surface area (Å²) in [5.74, 6) is 0. The summed E-state index contributed by atoms with van der Waals surface area (Å²) >= 11 is 14.0. The van der Waals surface area contributed by atoms with E-state index in [0.29, 0.717) is 10.0 Å². The van der Waals surface area contributed by atoms with Crippen LogP contribution in [0.15, 0.2) is 64.6 Å². The fourth-order valence-corrected chi connectivity index (χ4v) is 4.59. The molecular weight excluding hydrogens is 369 g/mol. The van der Waals surface area contributed by atoms with Crippen molar-refractivity contribution in [1.29, 1.82) is 0 Å². The number of hydrogen-bond donors (Lipinski definition) is 0. The Balaban J connectivity index is 2.48. The van der Waals surface area contributed by atoms with Crippen molar-refractivity contribution in [1.82, 2.24) is 4.57 Å². The number of benzene rings is 1. The predicted molar refractivity (Wildman–Crippen MR) is 112 cm³/mol. The van der Waals surface area contributed by atoms with Gasteiger partial charge in [0.15, 0.2) is 0 Å². The summed E-state index contributed by atoms with van der Waals surface area (Å²) in [5.41, 5.74) is 5.08. The minimum atomic E-state index is 0.653. The normalized spacial score (nSPS) is 12.2. The Bertz CT molecular complexity index is 824. The molecule has 0 aliphatic carbocycles. The standard InChI is InChI=1S/C21H23Cl2NS/c1-6-8-17(9-7-2)13-24-16(5)14(3)15(4)21(24)25-20-11-18(22)10-19(23)12-20/h6-12H,1,13H2,2-5H3/b9-7-,17-8+. The van der Waals surface area contributed by atoms with Gasteiger partial charge in [-0.15, -0.1) is 0 Å². The highest BCUT2D eigenvalue weighted by atomic mass is 35.5. The third-order valence-electron chi connectivity index (χ3n) is 4.18. The van der Waals surface area contributed by atoms with Crippen LogP contribution < -0.4 is 0 Å². The van der Waals surface area contributed by atoms with Gasteiger partial charge in [-0.3, -0.25) is 0 Å². The third kappa shape index (κ3) is 4.84. The lowest BCUT2D eigenvalue weighted by Gasteiger charge is -2.13. The molecule has 2 aromatic rings. The van der Waals surface area contributed by atoms with Crippen LogP contribution in [0.3, 0.4) is 0 Å². The topological polar surface area (TPSA) is 4.93 Å². The fraction of sp³-hybridized carbons (Fsp3) is 0.238. The van der Waals surface area contributed by atoms with Crippen molar-refractivity contribution in [2.45, 2.75) is 44.2 Å². The monoisotopic (exact) mass is 391 g/mol. The summed E-state index contributed by atoms with van der Waals surface area (Å²) < 4.78 is 2.35. The van der Waals surface area contributed by atoms with Crippen molar-refractivity contribution in [2.24, 2.45) is 0 Å². The van der Waals surface area contributed by atoms with E-state index in [2.05, 4.69) is 50.1 Å². The highest BCUT2D eigenvalue weighted by molar-refractivity contribution is 7.99. The second-order valence-corrected chi connectivity index (χ2v) is 7.85. The lowest BCUT2D eigenvalue weighted by Crippen LogP contribution is -2.04. The van der Waals surface area contributed by atoms with E-state index in [-0.39, 0.29) is 0 Å². The highest BCUT2D eigenvalue weighted by Crippen LogP contribution is 2.37. The molecule has 0 aliphatic heterocycles. The van der Waals surface area contributed by atoms with Gasteiger partial charge in [0, 0.05) is 27.2 Å². The molecule has 0 saturated heterocycles. The minimum Gasteiger partial charge on any atom is -0.335 e.